The van der Waals surface area contributed by atoms with Crippen LogP contribution >= 0.6 is 0 Å². The molecule has 2 aromatic heterocycles. The van der Waals surface area contributed by atoms with E-state index < -0.39 is 0 Å². The molecule has 1 saturated carbocycles. The molecule has 4 rings (SSSR count). The molecule has 2 amide bonds. The van der Waals surface area contributed by atoms with E-state index in [1.165, 1.54) is 10.7 Å². The lowest BCUT2D eigenvalue weighted by molar-refractivity contribution is 0.102. The summed E-state index contributed by atoms with van der Waals surface area (Å²) in [6.45, 7) is 2.35. The zero-order chi connectivity index (χ0) is 20.4. The topological polar surface area (TPSA) is 109 Å². The number of aromatic hydroxyl groups is 1. The molecular formula is C21H21N5O3. The number of hydrogen-bond donors (Lipinski definition) is 3. The summed E-state index contributed by atoms with van der Waals surface area (Å²) in [6, 6.07) is 9.53. The van der Waals surface area contributed by atoms with Crippen molar-refractivity contribution in [3.05, 3.63) is 60.0 Å². The van der Waals surface area contributed by atoms with Crippen LogP contribution in [0.4, 0.5) is 10.5 Å². The predicted octanol–water partition coefficient (Wildman–Crippen LogP) is 3.36. The fourth-order valence-corrected chi connectivity index (χ4v) is 3.11. The molecule has 3 N–H and O–H groups in total. The van der Waals surface area contributed by atoms with Crippen molar-refractivity contribution in [3.8, 4) is 17.0 Å². The standard InChI is InChI=1S/C21H21N5O3/c1-2-23-21(29)26-18(13-3-4-13)12-17(25-26)16-11-15(5-6-19(16)27)24-20(28)14-7-9-22-10-8-14/h5-13,27H,2-4H2,1H3,(H,23,29)(H,24,28). The number of carbonyl (C=O) groups is 2. The third kappa shape index (κ3) is 3.96. The Balaban J connectivity index is 1.65. The summed E-state index contributed by atoms with van der Waals surface area (Å²) in [5.41, 5.74) is 2.75. The van der Waals surface area contributed by atoms with Gasteiger partial charge in [0.2, 0.25) is 0 Å². The number of anilines is 1. The lowest BCUT2D eigenvalue weighted by atomic mass is 10.1. The van der Waals surface area contributed by atoms with Gasteiger partial charge in [-0.1, -0.05) is 0 Å². The van der Waals surface area contributed by atoms with Crippen molar-refractivity contribution in [2.45, 2.75) is 25.7 Å². The fourth-order valence-electron chi connectivity index (χ4n) is 3.11. The molecule has 8 heteroatoms. The molecule has 1 aromatic carbocycles. The molecule has 29 heavy (non-hydrogen) atoms. The van der Waals surface area contributed by atoms with E-state index in [9.17, 15) is 14.7 Å². The summed E-state index contributed by atoms with van der Waals surface area (Å²) < 4.78 is 1.37. The van der Waals surface area contributed by atoms with Crippen LogP contribution in [0, 0.1) is 0 Å². The van der Waals surface area contributed by atoms with Crippen molar-refractivity contribution in [1.29, 1.82) is 0 Å². The van der Waals surface area contributed by atoms with Crippen molar-refractivity contribution in [2.75, 3.05) is 11.9 Å². The second-order valence-electron chi connectivity index (χ2n) is 6.90. The first-order valence-corrected chi connectivity index (χ1v) is 9.49. The number of aromatic nitrogens is 3. The van der Waals surface area contributed by atoms with Gasteiger partial charge in [-0.15, -0.1) is 0 Å². The molecule has 0 spiro atoms. The monoisotopic (exact) mass is 391 g/mol. The zero-order valence-corrected chi connectivity index (χ0v) is 15.9. The van der Waals surface area contributed by atoms with Gasteiger partial charge in [-0.05, 0) is 56.2 Å². The number of hydrogen-bond acceptors (Lipinski definition) is 5. The fraction of sp³-hybridized carbons (Fsp3) is 0.238. The summed E-state index contributed by atoms with van der Waals surface area (Å²) in [7, 11) is 0. The molecule has 1 aliphatic rings. The minimum Gasteiger partial charge on any atom is -0.507 e. The van der Waals surface area contributed by atoms with Gasteiger partial charge in [0.15, 0.2) is 0 Å². The molecule has 0 atom stereocenters. The van der Waals surface area contributed by atoms with Crippen LogP contribution in [-0.2, 0) is 0 Å². The summed E-state index contributed by atoms with van der Waals surface area (Å²) in [4.78, 5) is 28.7. The van der Waals surface area contributed by atoms with Crippen LogP contribution in [0.15, 0.2) is 48.8 Å². The SMILES string of the molecule is CCNC(=O)n1nc(-c2cc(NC(=O)c3ccncc3)ccc2O)cc1C1CC1. The van der Waals surface area contributed by atoms with E-state index in [1.807, 2.05) is 13.0 Å². The third-order valence-corrected chi connectivity index (χ3v) is 4.73. The molecule has 1 aliphatic carbocycles. The molecule has 3 aromatic rings. The van der Waals surface area contributed by atoms with Crippen molar-refractivity contribution in [2.24, 2.45) is 0 Å². The molecule has 2 heterocycles. The van der Waals surface area contributed by atoms with Gasteiger partial charge in [0.05, 0.1) is 11.4 Å². The smallest absolute Gasteiger partial charge is 0.342 e. The summed E-state index contributed by atoms with van der Waals surface area (Å²) in [5, 5.41) is 20.3. The maximum atomic E-state index is 12.4. The second kappa shape index (κ2) is 7.75. The zero-order valence-electron chi connectivity index (χ0n) is 15.9. The first kappa shape index (κ1) is 18.7. The van der Waals surface area contributed by atoms with Crippen LogP contribution in [0.2, 0.25) is 0 Å². The summed E-state index contributed by atoms with van der Waals surface area (Å²) >= 11 is 0. The van der Waals surface area contributed by atoms with E-state index in [-0.39, 0.29) is 17.7 Å². The van der Waals surface area contributed by atoms with Gasteiger partial charge in [-0.3, -0.25) is 9.78 Å². The van der Waals surface area contributed by atoms with E-state index >= 15 is 0 Å². The van der Waals surface area contributed by atoms with E-state index in [2.05, 4.69) is 20.7 Å². The second-order valence-corrected chi connectivity index (χ2v) is 6.90. The van der Waals surface area contributed by atoms with Gasteiger partial charge >= 0.3 is 6.03 Å². The quantitative estimate of drug-likeness (QED) is 0.578. The molecule has 8 nitrogen and oxygen atoms in total. The molecule has 0 radical (unpaired) electrons. The average molecular weight is 391 g/mol. The van der Waals surface area contributed by atoms with Crippen molar-refractivity contribution in [3.63, 3.8) is 0 Å². The number of rotatable bonds is 5. The predicted molar refractivity (Wildman–Crippen MR) is 108 cm³/mol. The van der Waals surface area contributed by atoms with Gasteiger partial charge in [-0.25, -0.2) is 4.79 Å². The van der Waals surface area contributed by atoms with Gasteiger partial charge in [-0.2, -0.15) is 9.78 Å². The van der Waals surface area contributed by atoms with Crippen LogP contribution in [0.3, 0.4) is 0 Å². The lowest BCUT2D eigenvalue weighted by Gasteiger charge is -2.08. The van der Waals surface area contributed by atoms with Gasteiger partial charge < -0.3 is 15.7 Å². The Morgan fingerprint density at radius 3 is 2.62 bits per heavy atom. The van der Waals surface area contributed by atoms with Gasteiger partial charge in [0.1, 0.15) is 5.75 Å². The third-order valence-electron chi connectivity index (χ3n) is 4.73. The Hall–Kier alpha value is -3.68. The lowest BCUT2D eigenvalue weighted by Crippen LogP contribution is -2.30. The molecule has 0 aliphatic heterocycles. The highest BCUT2D eigenvalue weighted by atomic mass is 16.3. The van der Waals surface area contributed by atoms with Crippen LogP contribution in [0.25, 0.3) is 11.3 Å². The minimum absolute atomic E-state index is 0.0230. The van der Waals surface area contributed by atoms with Crippen LogP contribution in [0.5, 0.6) is 5.75 Å². The Bertz CT molecular complexity index is 1060. The highest BCUT2D eigenvalue weighted by Crippen LogP contribution is 2.42. The first-order chi connectivity index (χ1) is 14.1. The Labute approximate surface area is 167 Å². The van der Waals surface area contributed by atoms with Crippen molar-refractivity contribution < 1.29 is 14.7 Å². The van der Waals surface area contributed by atoms with E-state index in [0.717, 1.165) is 18.5 Å². The highest BCUT2D eigenvalue weighted by molar-refractivity contribution is 6.04. The molecule has 0 saturated heterocycles. The van der Waals surface area contributed by atoms with Crippen molar-refractivity contribution in [1.82, 2.24) is 20.1 Å². The number of phenols is 1. The summed E-state index contributed by atoms with van der Waals surface area (Å²) in [6.07, 6.45) is 5.12. The van der Waals surface area contributed by atoms with Gasteiger partial charge in [0, 0.05) is 41.7 Å². The molecular weight excluding hydrogens is 370 g/mol. The van der Waals surface area contributed by atoms with E-state index in [4.69, 9.17) is 0 Å². The molecule has 148 valence electrons. The average Bonchev–Trinajstić information content (AvgIpc) is 3.48. The van der Waals surface area contributed by atoms with Gasteiger partial charge in [0.25, 0.3) is 5.91 Å². The number of carbonyl (C=O) groups excluding carboxylic acids is 2. The van der Waals surface area contributed by atoms with E-state index in [0.29, 0.717) is 35.0 Å². The summed E-state index contributed by atoms with van der Waals surface area (Å²) in [5.74, 6) is 0.0425. The number of amides is 2. The Kier molecular flexibility index (Phi) is 4.99. The number of pyridine rings is 1. The Morgan fingerprint density at radius 2 is 1.93 bits per heavy atom. The van der Waals surface area contributed by atoms with E-state index in [1.54, 1.807) is 36.7 Å². The highest BCUT2D eigenvalue weighted by Gasteiger charge is 2.30. The number of benzene rings is 1. The van der Waals surface area contributed by atoms with Crippen molar-refractivity contribution >= 4 is 17.6 Å². The maximum Gasteiger partial charge on any atom is 0.342 e. The molecule has 0 unspecified atom stereocenters. The van der Waals surface area contributed by atoms with Crippen LogP contribution in [-0.4, -0.2) is 38.4 Å². The number of phenolic OH excluding ortho intramolecular Hbond substituents is 1. The van der Waals surface area contributed by atoms with Crippen LogP contribution in [0.1, 0.15) is 41.7 Å². The number of nitrogens with one attached hydrogen (secondary N) is 2. The van der Waals surface area contributed by atoms with Crippen LogP contribution < -0.4 is 10.6 Å². The largest absolute Gasteiger partial charge is 0.507 e. The number of nitrogens with zero attached hydrogens (tertiary/aromatic N) is 3. The normalized spacial score (nSPS) is 13.1. The Morgan fingerprint density at radius 1 is 1.17 bits per heavy atom. The maximum absolute atomic E-state index is 12.4. The minimum atomic E-state index is -0.290. The molecule has 1 fully saturated rings. The molecule has 0 bridgehead atoms. The first-order valence-electron chi connectivity index (χ1n) is 9.49.